The van der Waals surface area contributed by atoms with E-state index in [1.807, 2.05) is 36.4 Å². The summed E-state index contributed by atoms with van der Waals surface area (Å²) in [6.07, 6.45) is 0. The summed E-state index contributed by atoms with van der Waals surface area (Å²) >= 11 is 0. The first-order chi connectivity index (χ1) is 24.3. The van der Waals surface area contributed by atoms with Gasteiger partial charge in [-0.2, -0.15) is 0 Å². The molecule has 0 aliphatic rings. The van der Waals surface area contributed by atoms with Crippen LogP contribution < -0.4 is 0 Å². The molecule has 0 aliphatic carbocycles. The molecule has 8 aromatic carbocycles. The average molecular weight is 626 g/mol. The van der Waals surface area contributed by atoms with Crippen molar-refractivity contribution in [3.05, 3.63) is 164 Å². The van der Waals surface area contributed by atoms with Crippen molar-refractivity contribution in [3.8, 4) is 45.3 Å². The van der Waals surface area contributed by atoms with Crippen LogP contribution in [0.4, 0.5) is 0 Å². The summed E-state index contributed by atoms with van der Waals surface area (Å²) in [5, 5.41) is 9.02. The highest BCUT2D eigenvalue weighted by Gasteiger charge is 2.19. The zero-order chi connectivity index (χ0) is 32.3. The van der Waals surface area contributed by atoms with E-state index in [4.69, 9.17) is 19.4 Å². The van der Waals surface area contributed by atoms with E-state index in [-0.39, 0.29) is 0 Å². The Morgan fingerprint density at radius 1 is 0.327 bits per heavy atom. The fourth-order valence-electron chi connectivity index (χ4n) is 7.24. The van der Waals surface area contributed by atoms with Gasteiger partial charge in [0.25, 0.3) is 0 Å². The molecule has 4 heteroatoms. The van der Waals surface area contributed by atoms with Gasteiger partial charge in [-0.3, -0.25) is 0 Å². The normalized spacial score (nSPS) is 11.7. The third kappa shape index (κ3) is 4.49. The predicted molar refractivity (Wildman–Crippen MR) is 201 cm³/mol. The van der Waals surface area contributed by atoms with E-state index in [1.165, 1.54) is 10.8 Å². The van der Waals surface area contributed by atoms with Gasteiger partial charge in [0, 0.05) is 27.5 Å². The molecule has 0 amide bonds. The number of hydrogen-bond donors (Lipinski definition) is 0. The summed E-state index contributed by atoms with van der Waals surface area (Å²) in [6.45, 7) is 0. The van der Waals surface area contributed by atoms with Crippen LogP contribution in [0.25, 0.3) is 99.5 Å². The van der Waals surface area contributed by atoms with Gasteiger partial charge in [0.05, 0.1) is 0 Å². The molecule has 228 valence electrons. The number of aromatic nitrogens is 3. The Balaban J connectivity index is 1.27. The van der Waals surface area contributed by atoms with Crippen LogP contribution >= 0.6 is 0 Å². The van der Waals surface area contributed by atoms with Crippen molar-refractivity contribution in [3.63, 3.8) is 0 Å². The lowest BCUT2D eigenvalue weighted by Crippen LogP contribution is -2.01. The summed E-state index contributed by atoms with van der Waals surface area (Å²) in [5.74, 6) is 1.90. The maximum absolute atomic E-state index is 6.28. The van der Waals surface area contributed by atoms with E-state index in [9.17, 15) is 0 Å². The van der Waals surface area contributed by atoms with Gasteiger partial charge in [0.2, 0.25) is 0 Å². The van der Waals surface area contributed by atoms with Crippen molar-refractivity contribution in [2.75, 3.05) is 0 Å². The molecule has 0 saturated carbocycles. The van der Waals surface area contributed by atoms with Crippen LogP contribution in [0.3, 0.4) is 0 Å². The van der Waals surface area contributed by atoms with Crippen molar-refractivity contribution >= 4 is 54.3 Å². The van der Waals surface area contributed by atoms with Crippen LogP contribution in [-0.2, 0) is 0 Å². The first kappa shape index (κ1) is 27.5. The molecule has 0 N–H and O–H groups in total. The Hall–Kier alpha value is -6.65. The molecule has 10 rings (SSSR count). The Labute approximate surface area is 282 Å². The summed E-state index contributed by atoms with van der Waals surface area (Å²) in [5.41, 5.74) is 6.79. The molecule has 0 fully saturated rings. The molecular weight excluding hydrogens is 599 g/mol. The van der Waals surface area contributed by atoms with Gasteiger partial charge in [-0.15, -0.1) is 0 Å². The number of fused-ring (bicyclic) bond motifs is 7. The smallest absolute Gasteiger partial charge is 0.164 e. The maximum Gasteiger partial charge on any atom is 0.164 e. The van der Waals surface area contributed by atoms with E-state index >= 15 is 0 Å². The van der Waals surface area contributed by atoms with Crippen LogP contribution in [0.1, 0.15) is 0 Å². The second kappa shape index (κ2) is 11.0. The maximum atomic E-state index is 6.28. The van der Waals surface area contributed by atoms with Crippen molar-refractivity contribution in [1.29, 1.82) is 0 Å². The highest BCUT2D eigenvalue weighted by Crippen LogP contribution is 2.41. The quantitative estimate of drug-likeness (QED) is 0.183. The second-order valence-electron chi connectivity index (χ2n) is 12.4. The molecule has 10 aromatic rings. The van der Waals surface area contributed by atoms with Gasteiger partial charge in [-0.05, 0) is 73.8 Å². The number of rotatable bonds is 4. The summed E-state index contributed by atoms with van der Waals surface area (Å²) in [6, 6.07) is 56.9. The lowest BCUT2D eigenvalue weighted by Gasteiger charge is -2.14. The fourth-order valence-corrected chi connectivity index (χ4v) is 7.24. The highest BCUT2D eigenvalue weighted by atomic mass is 16.3. The number of para-hydroxylation sites is 1. The number of hydrogen-bond acceptors (Lipinski definition) is 4. The molecular formula is C45H27N3O. The molecule has 0 unspecified atom stereocenters. The monoisotopic (exact) mass is 625 g/mol. The van der Waals surface area contributed by atoms with Gasteiger partial charge >= 0.3 is 0 Å². The van der Waals surface area contributed by atoms with Gasteiger partial charge in [-0.25, -0.2) is 15.0 Å². The van der Waals surface area contributed by atoms with Crippen molar-refractivity contribution < 1.29 is 4.42 Å². The van der Waals surface area contributed by atoms with Gasteiger partial charge in [0.1, 0.15) is 11.2 Å². The molecule has 0 bridgehead atoms. The molecule has 0 saturated heterocycles. The Morgan fingerprint density at radius 2 is 0.898 bits per heavy atom. The van der Waals surface area contributed by atoms with E-state index in [0.717, 1.165) is 71.3 Å². The molecule has 0 aliphatic heterocycles. The average Bonchev–Trinajstić information content (AvgIpc) is 3.56. The summed E-state index contributed by atoms with van der Waals surface area (Å²) in [4.78, 5) is 15.6. The van der Waals surface area contributed by atoms with Crippen molar-refractivity contribution in [2.45, 2.75) is 0 Å². The highest BCUT2D eigenvalue weighted by molar-refractivity contribution is 6.15. The third-order valence-corrected chi connectivity index (χ3v) is 9.49. The standard InChI is InChI=1S/C45H27N3O/c1-2-13-28(14-3-1)43-46-44(48-45(47-43)39-26-30-16-5-6-17-32(30)35-19-8-9-20-36(35)39)38-27-31(25-29-15-4-7-18-33(29)38)34-22-12-24-41-42(34)37-21-10-11-23-40(37)49-41/h1-27H. The lowest BCUT2D eigenvalue weighted by atomic mass is 9.93. The minimum atomic E-state index is 0.628. The Kier molecular flexibility index (Phi) is 6.15. The van der Waals surface area contributed by atoms with Crippen LogP contribution in [0.5, 0.6) is 0 Å². The van der Waals surface area contributed by atoms with Crippen LogP contribution in [-0.4, -0.2) is 15.0 Å². The minimum Gasteiger partial charge on any atom is -0.456 e. The van der Waals surface area contributed by atoms with E-state index in [2.05, 4.69) is 127 Å². The molecule has 2 aromatic heterocycles. The van der Waals surface area contributed by atoms with Crippen LogP contribution in [0.15, 0.2) is 168 Å². The SMILES string of the molecule is c1ccc(-c2nc(-c3cc(-c4cccc5oc6ccccc6c45)cc4ccccc34)nc(-c3cc4ccccc4c4ccccc34)n2)cc1. The topological polar surface area (TPSA) is 51.8 Å². The number of nitrogens with zero attached hydrogens (tertiary/aromatic N) is 3. The number of furan rings is 1. The zero-order valence-corrected chi connectivity index (χ0v) is 26.3. The van der Waals surface area contributed by atoms with Gasteiger partial charge in [-0.1, -0.05) is 133 Å². The molecule has 4 nitrogen and oxygen atoms in total. The fraction of sp³-hybridized carbons (Fsp3) is 0. The molecule has 0 spiro atoms. The lowest BCUT2D eigenvalue weighted by molar-refractivity contribution is 0.669. The first-order valence-corrected chi connectivity index (χ1v) is 16.4. The van der Waals surface area contributed by atoms with Crippen LogP contribution in [0.2, 0.25) is 0 Å². The van der Waals surface area contributed by atoms with E-state index in [1.54, 1.807) is 0 Å². The largest absolute Gasteiger partial charge is 0.456 e. The molecule has 0 radical (unpaired) electrons. The first-order valence-electron chi connectivity index (χ1n) is 16.4. The van der Waals surface area contributed by atoms with Gasteiger partial charge in [0.15, 0.2) is 17.5 Å². The molecule has 2 heterocycles. The minimum absolute atomic E-state index is 0.628. The predicted octanol–water partition coefficient (Wildman–Crippen LogP) is 11.9. The summed E-state index contributed by atoms with van der Waals surface area (Å²) < 4.78 is 6.28. The summed E-state index contributed by atoms with van der Waals surface area (Å²) in [7, 11) is 0. The molecule has 49 heavy (non-hydrogen) atoms. The molecule has 0 atom stereocenters. The Morgan fingerprint density at radius 3 is 1.69 bits per heavy atom. The van der Waals surface area contributed by atoms with E-state index < -0.39 is 0 Å². The number of benzene rings is 8. The van der Waals surface area contributed by atoms with Crippen LogP contribution in [0, 0.1) is 0 Å². The second-order valence-corrected chi connectivity index (χ2v) is 12.4. The Bertz CT molecular complexity index is 2890. The van der Waals surface area contributed by atoms with Gasteiger partial charge < -0.3 is 4.42 Å². The van der Waals surface area contributed by atoms with E-state index in [0.29, 0.717) is 17.5 Å². The van der Waals surface area contributed by atoms with Crippen molar-refractivity contribution in [2.24, 2.45) is 0 Å². The van der Waals surface area contributed by atoms with Crippen molar-refractivity contribution in [1.82, 2.24) is 15.0 Å². The third-order valence-electron chi connectivity index (χ3n) is 9.49. The zero-order valence-electron chi connectivity index (χ0n) is 26.3.